The highest BCUT2D eigenvalue weighted by molar-refractivity contribution is 5.95. The minimum atomic E-state index is -0.104. The average Bonchev–Trinajstić information content (AvgIpc) is 2.66. The van der Waals surface area contributed by atoms with Crippen molar-refractivity contribution in [1.29, 1.82) is 0 Å². The van der Waals surface area contributed by atoms with Crippen molar-refractivity contribution in [2.75, 3.05) is 34.8 Å². The zero-order valence-corrected chi connectivity index (χ0v) is 17.6. The lowest BCUT2D eigenvalue weighted by Crippen LogP contribution is -2.33. The second-order valence-corrected chi connectivity index (χ2v) is 6.93. The maximum atomic E-state index is 12.4. The minimum Gasteiger partial charge on any atom is -0.372 e. The van der Waals surface area contributed by atoms with Gasteiger partial charge in [0, 0.05) is 50.0 Å². The van der Waals surface area contributed by atoms with Gasteiger partial charge in [0.1, 0.15) is 0 Å². The highest BCUT2D eigenvalue weighted by Gasteiger charge is 2.17. The smallest absolute Gasteiger partial charge is 0.226 e. The highest BCUT2D eigenvalue weighted by Crippen LogP contribution is 2.25. The number of anilines is 3. The number of hydrogen-bond acceptors (Lipinski definition) is 3. The number of nitrogens with zero attached hydrogens (tertiary/aromatic N) is 2. The topological polar surface area (TPSA) is 52.7 Å². The number of hydrogen-bond donors (Lipinski definition) is 1. The Labute approximate surface area is 168 Å². The van der Waals surface area contributed by atoms with Gasteiger partial charge in [-0.2, -0.15) is 0 Å². The monoisotopic (exact) mass is 381 g/mol. The number of amides is 2. The highest BCUT2D eigenvalue weighted by atomic mass is 16.2. The summed E-state index contributed by atoms with van der Waals surface area (Å²) in [7, 11) is 0. The van der Waals surface area contributed by atoms with Crippen LogP contribution in [0.4, 0.5) is 17.1 Å². The van der Waals surface area contributed by atoms with E-state index in [-0.39, 0.29) is 18.2 Å². The van der Waals surface area contributed by atoms with Crippen molar-refractivity contribution < 1.29 is 9.59 Å². The van der Waals surface area contributed by atoms with E-state index in [4.69, 9.17) is 0 Å². The fourth-order valence-corrected chi connectivity index (χ4v) is 3.44. The normalized spacial score (nSPS) is 10.5. The summed E-state index contributed by atoms with van der Waals surface area (Å²) < 4.78 is 0. The summed E-state index contributed by atoms with van der Waals surface area (Å²) in [6, 6.07) is 13.8. The molecule has 2 rings (SSSR count). The number of para-hydroxylation sites is 1. The first-order valence-electron chi connectivity index (χ1n) is 9.86. The summed E-state index contributed by atoms with van der Waals surface area (Å²) in [4.78, 5) is 28.5. The van der Waals surface area contributed by atoms with Gasteiger partial charge in [-0.25, -0.2) is 0 Å². The van der Waals surface area contributed by atoms with Crippen LogP contribution in [0.25, 0.3) is 0 Å². The van der Waals surface area contributed by atoms with Crippen LogP contribution >= 0.6 is 0 Å². The Bertz CT molecular complexity index is 791. The average molecular weight is 382 g/mol. The Morgan fingerprint density at radius 1 is 0.929 bits per heavy atom. The van der Waals surface area contributed by atoms with E-state index >= 15 is 0 Å². The first-order chi connectivity index (χ1) is 13.4. The Balaban J connectivity index is 2.01. The number of rotatable bonds is 8. The van der Waals surface area contributed by atoms with Crippen LogP contribution in [0.15, 0.2) is 42.5 Å². The first kappa shape index (κ1) is 21.5. The van der Waals surface area contributed by atoms with Crippen molar-refractivity contribution >= 4 is 28.9 Å². The molecule has 0 aliphatic rings. The molecule has 5 heteroatoms. The van der Waals surface area contributed by atoms with Crippen molar-refractivity contribution in [3.05, 3.63) is 53.6 Å². The lowest BCUT2D eigenvalue weighted by molar-refractivity contribution is -0.117. The van der Waals surface area contributed by atoms with Crippen LogP contribution in [0.1, 0.15) is 38.3 Å². The van der Waals surface area contributed by atoms with Crippen molar-refractivity contribution in [2.24, 2.45) is 0 Å². The standard InChI is InChI=1S/C23H31N3O2/c1-6-25(7-2)21-13-11-20(12-14-21)24-22(28)15-16-26(19(5)27)23-17(3)9-8-10-18(23)4/h8-14H,6-7,15-16H2,1-5H3,(H,24,28). The molecule has 0 spiro atoms. The van der Waals surface area contributed by atoms with Crippen molar-refractivity contribution in [1.82, 2.24) is 0 Å². The third kappa shape index (κ3) is 5.35. The van der Waals surface area contributed by atoms with Crippen LogP contribution in [0, 0.1) is 13.8 Å². The second kappa shape index (κ2) is 9.93. The number of aryl methyl sites for hydroxylation is 2. The fraction of sp³-hybridized carbons (Fsp3) is 0.391. The zero-order chi connectivity index (χ0) is 20.7. The molecule has 0 radical (unpaired) electrons. The molecule has 0 aliphatic heterocycles. The molecular formula is C23H31N3O2. The van der Waals surface area contributed by atoms with Gasteiger partial charge in [-0.15, -0.1) is 0 Å². The summed E-state index contributed by atoms with van der Waals surface area (Å²) in [5.41, 5.74) is 4.86. The Morgan fingerprint density at radius 2 is 1.50 bits per heavy atom. The number of carbonyl (C=O) groups excluding carboxylic acids is 2. The molecule has 0 atom stereocenters. The summed E-state index contributed by atoms with van der Waals surface area (Å²) in [5.74, 6) is -0.165. The third-order valence-corrected chi connectivity index (χ3v) is 4.93. The van der Waals surface area contributed by atoms with Crippen molar-refractivity contribution in [3.63, 3.8) is 0 Å². The fourth-order valence-electron chi connectivity index (χ4n) is 3.44. The van der Waals surface area contributed by atoms with E-state index in [1.807, 2.05) is 56.3 Å². The molecule has 2 aromatic rings. The van der Waals surface area contributed by atoms with Crippen LogP contribution < -0.4 is 15.1 Å². The molecule has 0 saturated carbocycles. The lowest BCUT2D eigenvalue weighted by atomic mass is 10.1. The van der Waals surface area contributed by atoms with Gasteiger partial charge in [0.15, 0.2) is 0 Å². The molecule has 5 nitrogen and oxygen atoms in total. The molecule has 0 unspecified atom stereocenters. The molecule has 1 N–H and O–H groups in total. The van der Waals surface area contributed by atoms with Crippen LogP contribution in [0.5, 0.6) is 0 Å². The molecule has 0 aromatic heterocycles. The molecule has 2 aromatic carbocycles. The molecule has 28 heavy (non-hydrogen) atoms. The molecule has 0 bridgehead atoms. The molecule has 2 amide bonds. The SMILES string of the molecule is CCN(CC)c1ccc(NC(=O)CCN(C(C)=O)c2c(C)cccc2C)cc1. The summed E-state index contributed by atoms with van der Waals surface area (Å²) in [5, 5.41) is 2.92. The number of carbonyl (C=O) groups is 2. The quantitative estimate of drug-likeness (QED) is 0.731. The summed E-state index contributed by atoms with van der Waals surface area (Å²) in [6.45, 7) is 12.0. The maximum absolute atomic E-state index is 12.4. The zero-order valence-electron chi connectivity index (χ0n) is 17.6. The van der Waals surface area contributed by atoms with E-state index in [1.165, 1.54) is 6.92 Å². The summed E-state index contributed by atoms with van der Waals surface area (Å²) in [6.07, 6.45) is 0.241. The van der Waals surface area contributed by atoms with Crippen LogP contribution in [-0.2, 0) is 9.59 Å². The van der Waals surface area contributed by atoms with E-state index in [2.05, 4.69) is 24.1 Å². The van der Waals surface area contributed by atoms with Crippen LogP contribution in [0.3, 0.4) is 0 Å². The minimum absolute atomic E-state index is 0.0613. The van der Waals surface area contributed by atoms with Gasteiger partial charge in [0.05, 0.1) is 0 Å². The molecular weight excluding hydrogens is 350 g/mol. The molecule has 0 heterocycles. The van der Waals surface area contributed by atoms with Gasteiger partial charge in [0.2, 0.25) is 11.8 Å². The maximum Gasteiger partial charge on any atom is 0.226 e. The van der Waals surface area contributed by atoms with E-state index in [9.17, 15) is 9.59 Å². The Kier molecular flexibility index (Phi) is 7.61. The van der Waals surface area contributed by atoms with Gasteiger partial charge < -0.3 is 15.1 Å². The van der Waals surface area contributed by atoms with Crippen LogP contribution in [0.2, 0.25) is 0 Å². The third-order valence-electron chi connectivity index (χ3n) is 4.93. The predicted octanol–water partition coefficient (Wildman–Crippen LogP) is 4.53. The van der Waals surface area contributed by atoms with E-state index < -0.39 is 0 Å². The van der Waals surface area contributed by atoms with Crippen LogP contribution in [-0.4, -0.2) is 31.4 Å². The second-order valence-electron chi connectivity index (χ2n) is 6.93. The van der Waals surface area contributed by atoms with E-state index in [1.54, 1.807) is 4.90 Å². The Morgan fingerprint density at radius 3 is 2.00 bits per heavy atom. The number of nitrogens with one attached hydrogen (secondary N) is 1. The lowest BCUT2D eigenvalue weighted by Gasteiger charge is -2.25. The first-order valence-corrected chi connectivity index (χ1v) is 9.86. The van der Waals surface area contributed by atoms with Gasteiger partial charge in [-0.05, 0) is 63.1 Å². The van der Waals surface area contributed by atoms with Gasteiger partial charge in [-0.3, -0.25) is 9.59 Å². The van der Waals surface area contributed by atoms with E-state index in [0.717, 1.165) is 41.3 Å². The summed E-state index contributed by atoms with van der Waals surface area (Å²) >= 11 is 0. The van der Waals surface area contributed by atoms with E-state index in [0.29, 0.717) is 6.54 Å². The Hall–Kier alpha value is -2.82. The molecule has 0 fully saturated rings. The van der Waals surface area contributed by atoms with Crippen molar-refractivity contribution in [2.45, 2.75) is 41.0 Å². The molecule has 150 valence electrons. The van der Waals surface area contributed by atoms with Crippen molar-refractivity contribution in [3.8, 4) is 0 Å². The van der Waals surface area contributed by atoms with Gasteiger partial charge >= 0.3 is 0 Å². The molecule has 0 aliphatic carbocycles. The van der Waals surface area contributed by atoms with Gasteiger partial charge in [0.25, 0.3) is 0 Å². The predicted molar refractivity (Wildman–Crippen MR) is 117 cm³/mol. The van der Waals surface area contributed by atoms with Gasteiger partial charge in [-0.1, -0.05) is 18.2 Å². The number of benzene rings is 2. The largest absolute Gasteiger partial charge is 0.372 e. The molecule has 0 saturated heterocycles.